The van der Waals surface area contributed by atoms with Gasteiger partial charge in [-0.1, -0.05) is 195 Å². The molecule has 0 aliphatic rings. The second kappa shape index (κ2) is 65.0. The van der Waals surface area contributed by atoms with Crippen LogP contribution in [-0.4, -0.2) is 140 Å². The zero-order chi connectivity index (χ0) is 74.2. The predicted molar refractivity (Wildman–Crippen MR) is 406 cm³/mol. The number of carbonyl (C=O) groups excluding carboxylic acids is 9. The maximum atomic E-state index is 14.3. The number of rotatable bonds is 69. The Labute approximate surface area is 603 Å². The fraction of sp³-hybridized carbons (Fsp3) is 0.853. The van der Waals surface area contributed by atoms with Crippen LogP contribution in [0.2, 0.25) is 0 Å². The molecule has 7 unspecified atom stereocenters. The molecular formula is C75H146N16O9. The number of nitrogens with two attached hydrogens (primary N) is 6. The van der Waals surface area contributed by atoms with Gasteiger partial charge < -0.3 is 76.9 Å². The van der Waals surface area contributed by atoms with Gasteiger partial charge in [0.05, 0.1) is 6.04 Å². The average Bonchev–Trinajstić information content (AvgIpc) is 0.879. The Morgan fingerprint density at radius 3 is 1.03 bits per heavy atom. The minimum absolute atomic E-state index is 0.0172. The summed E-state index contributed by atoms with van der Waals surface area (Å²) in [4.78, 5) is 131. The maximum absolute atomic E-state index is 14.3. The molecule has 0 rings (SSSR count). The molecule has 0 aliphatic heterocycles. The highest BCUT2D eigenvalue weighted by molar-refractivity contribution is 5.95. The van der Waals surface area contributed by atoms with Gasteiger partial charge in [0.15, 0.2) is 17.7 Å². The Balaban J connectivity index is 5.87. The summed E-state index contributed by atoms with van der Waals surface area (Å²) in [6.45, 7) is 11.5. The molecule has 8 amide bonds. The quantitative estimate of drug-likeness (QED) is 0.0154. The fourth-order valence-corrected chi connectivity index (χ4v) is 12.1. The van der Waals surface area contributed by atoms with Crippen molar-refractivity contribution in [3.05, 3.63) is 0 Å². The summed E-state index contributed by atoms with van der Waals surface area (Å²) >= 11 is 0. The number of guanidine groups is 2. The lowest BCUT2D eigenvalue weighted by Crippen LogP contribution is -2.57. The first-order valence-electron chi connectivity index (χ1n) is 39.6. The first-order chi connectivity index (χ1) is 48.2. The molecule has 0 bridgehead atoms. The molecule has 0 spiro atoms. The topological polar surface area (TPSA) is 431 Å². The number of nitrogens with zero attached hydrogens (tertiary/aromatic N) is 2. The van der Waals surface area contributed by atoms with Gasteiger partial charge in [-0.2, -0.15) is 0 Å². The van der Waals surface area contributed by atoms with Crippen LogP contribution >= 0.6 is 0 Å². The zero-order valence-corrected chi connectivity index (χ0v) is 63.3. The van der Waals surface area contributed by atoms with E-state index in [1.54, 1.807) is 0 Å². The van der Waals surface area contributed by atoms with Crippen LogP contribution in [0.25, 0.3) is 0 Å². The highest BCUT2D eigenvalue weighted by Gasteiger charge is 2.32. The normalized spacial score (nSPS) is 13.3. The number of unbranched alkanes of at least 4 members (excludes halogenated alkanes) is 29. The van der Waals surface area contributed by atoms with Crippen LogP contribution in [0.15, 0.2) is 9.98 Å². The summed E-state index contributed by atoms with van der Waals surface area (Å²) in [6, 6.07) is -5.84. The summed E-state index contributed by atoms with van der Waals surface area (Å²) in [5, 5.41) is 23.3. The molecule has 0 saturated carbocycles. The van der Waals surface area contributed by atoms with Crippen LogP contribution in [0.1, 0.15) is 330 Å². The molecule has 0 fully saturated rings. The lowest BCUT2D eigenvalue weighted by atomic mass is 9.97. The summed E-state index contributed by atoms with van der Waals surface area (Å²) in [5.74, 6) is -4.00. The van der Waals surface area contributed by atoms with E-state index >= 15 is 0 Å². The molecule has 0 radical (unpaired) electrons. The van der Waals surface area contributed by atoms with Crippen LogP contribution in [0.5, 0.6) is 0 Å². The maximum Gasteiger partial charge on any atom is 0.243 e. The van der Waals surface area contributed by atoms with E-state index in [4.69, 9.17) is 34.4 Å². The highest BCUT2D eigenvalue weighted by Crippen LogP contribution is 2.17. The Morgan fingerprint density at radius 1 is 0.320 bits per heavy atom. The van der Waals surface area contributed by atoms with Gasteiger partial charge in [-0.05, 0) is 135 Å². The van der Waals surface area contributed by atoms with E-state index in [-0.39, 0.29) is 93.1 Å². The van der Waals surface area contributed by atoms with Crippen LogP contribution in [0, 0.1) is 5.92 Å². The monoisotopic (exact) mass is 1420 g/mol. The van der Waals surface area contributed by atoms with Gasteiger partial charge in [0.25, 0.3) is 0 Å². The molecular weight excluding hydrogens is 1270 g/mol. The Bertz CT molecular complexity index is 2230. The van der Waals surface area contributed by atoms with Gasteiger partial charge in [0.2, 0.25) is 47.3 Å². The number of hydrogen-bond donors (Lipinski definition) is 14. The molecule has 7 atom stereocenters. The van der Waals surface area contributed by atoms with Crippen molar-refractivity contribution in [2.24, 2.45) is 50.3 Å². The second-order valence-electron chi connectivity index (χ2n) is 27.8. The largest absolute Gasteiger partial charge is 0.370 e. The van der Waals surface area contributed by atoms with E-state index in [1.165, 1.54) is 129 Å². The number of nitrogens with one attached hydrogen (secondary N) is 8. The minimum Gasteiger partial charge on any atom is -0.370 e. The van der Waals surface area contributed by atoms with E-state index in [0.717, 1.165) is 38.5 Å². The summed E-state index contributed by atoms with van der Waals surface area (Å²) < 4.78 is 0. The molecule has 580 valence electrons. The van der Waals surface area contributed by atoms with Crippen molar-refractivity contribution in [1.82, 2.24) is 42.5 Å². The third kappa shape index (κ3) is 53.7. The average molecular weight is 1420 g/mol. The van der Waals surface area contributed by atoms with Crippen LogP contribution in [0.4, 0.5) is 0 Å². The summed E-state index contributed by atoms with van der Waals surface area (Å²) in [5.41, 5.74) is 33.6. The predicted octanol–water partition coefficient (Wildman–Crippen LogP) is 8.82. The van der Waals surface area contributed by atoms with E-state index in [2.05, 4.69) is 66.4 Å². The molecule has 0 aromatic heterocycles. The van der Waals surface area contributed by atoms with Crippen molar-refractivity contribution in [2.75, 3.05) is 39.3 Å². The van der Waals surface area contributed by atoms with Crippen LogP contribution < -0.4 is 76.9 Å². The summed E-state index contributed by atoms with van der Waals surface area (Å²) in [6.07, 6.45) is 39.7. The molecule has 100 heavy (non-hydrogen) atoms. The molecule has 0 aliphatic carbocycles. The van der Waals surface area contributed by atoms with Crippen LogP contribution in [-0.2, 0) is 43.2 Å². The van der Waals surface area contributed by atoms with Gasteiger partial charge >= 0.3 is 0 Å². The Morgan fingerprint density at radius 2 is 0.630 bits per heavy atom. The third-order valence-electron chi connectivity index (χ3n) is 18.6. The van der Waals surface area contributed by atoms with Crippen LogP contribution in [0.3, 0.4) is 0 Å². The molecule has 0 saturated heterocycles. The smallest absolute Gasteiger partial charge is 0.243 e. The Hall–Kier alpha value is -6.11. The van der Waals surface area contributed by atoms with Crippen molar-refractivity contribution in [3.63, 3.8) is 0 Å². The van der Waals surface area contributed by atoms with Gasteiger partial charge in [-0.15, -0.1) is 0 Å². The zero-order valence-electron chi connectivity index (χ0n) is 63.3. The molecule has 25 nitrogen and oxygen atoms in total. The molecule has 25 heteroatoms. The number of amides is 8. The number of aliphatic imine (C=N–C) groups is 2. The van der Waals surface area contributed by atoms with E-state index < -0.39 is 65.8 Å². The number of Topliss-reactive ketones (excluding diaryl/α,β-unsaturated/α-hetero) is 1. The van der Waals surface area contributed by atoms with Gasteiger partial charge in [-0.25, -0.2) is 0 Å². The molecule has 0 aromatic rings. The molecule has 0 aromatic carbocycles. The van der Waals surface area contributed by atoms with E-state index in [1.807, 2.05) is 13.8 Å². The Kier molecular flexibility index (Phi) is 61.0. The third-order valence-corrected chi connectivity index (χ3v) is 18.6. The van der Waals surface area contributed by atoms with Gasteiger partial charge in [-0.3, -0.25) is 53.1 Å². The molecule has 0 heterocycles. The van der Waals surface area contributed by atoms with Gasteiger partial charge in [0, 0.05) is 45.4 Å². The molecule has 20 N–H and O–H groups in total. The second-order valence-corrected chi connectivity index (χ2v) is 27.8. The van der Waals surface area contributed by atoms with Crippen molar-refractivity contribution < 1.29 is 43.2 Å². The number of carbonyl (C=O) groups is 9. The lowest BCUT2D eigenvalue weighted by Gasteiger charge is -2.27. The number of hydrogen-bond acceptors (Lipinski definition) is 13. The standard InChI is InChI=1S/C75H146N16O9/c1-6-9-11-13-15-17-19-21-23-25-27-29-32-49-65(93)82-54-41-37-46-62(86-66(94)50-33-30-28-26-24-22-20-18-16-14-12-10-7-2)70(97)89-63(45-36-39-53-77)72(99)88-61(44-35-38-52-76)69(96)83-55-40-31-34-51-67(95)91-68(58(4)8-3)73(100)90-64(48-43-57-85-75(80)81)71(98)87-60(59(5)92)47-42-56-84-74(78)79/h58,60-64,68H,6-57,76-77H2,1-5H3,(H,82,93)(H,83,96)(H,86,94)(H,87,98)(H,88,99)(H,89,97)(H,90,100)(H,91,95)(H4,78,79,84)(H4,80,81,85). The minimum atomic E-state index is -1.09. The SMILES string of the molecule is CCCCCCCCCCCCCCCC(=O)NCCCCC(NC(=O)CCCCCCCCCCCCCCC)C(=O)NC(CCCCN)C(=O)NC(CCCCN)C(=O)NCCCCCC(=O)NC(C(=O)NC(CCCN=C(N)N)C(=O)NC(CCCN=C(N)N)C(C)=O)C(C)CC. The van der Waals surface area contributed by atoms with E-state index in [9.17, 15) is 43.2 Å². The van der Waals surface area contributed by atoms with Crippen molar-refractivity contribution in [2.45, 2.75) is 366 Å². The van der Waals surface area contributed by atoms with Crippen molar-refractivity contribution in [3.8, 4) is 0 Å². The number of ketones is 1. The summed E-state index contributed by atoms with van der Waals surface area (Å²) in [7, 11) is 0. The fourth-order valence-electron chi connectivity index (χ4n) is 12.1. The van der Waals surface area contributed by atoms with E-state index in [0.29, 0.717) is 122 Å². The van der Waals surface area contributed by atoms with Crippen molar-refractivity contribution >= 4 is 65.0 Å². The lowest BCUT2D eigenvalue weighted by molar-refractivity contribution is -0.134. The van der Waals surface area contributed by atoms with Gasteiger partial charge in [0.1, 0.15) is 30.2 Å². The highest BCUT2D eigenvalue weighted by atomic mass is 16.2. The first kappa shape index (κ1) is 93.9. The van der Waals surface area contributed by atoms with Crippen molar-refractivity contribution in [1.29, 1.82) is 0 Å². The first-order valence-corrected chi connectivity index (χ1v) is 39.6.